The van der Waals surface area contributed by atoms with Gasteiger partial charge in [-0.2, -0.15) is 0 Å². The van der Waals surface area contributed by atoms with Crippen LogP contribution in [0.15, 0.2) is 24.3 Å². The van der Waals surface area contributed by atoms with E-state index in [1.807, 2.05) is 24.3 Å². The van der Waals surface area contributed by atoms with Crippen molar-refractivity contribution in [2.75, 3.05) is 0 Å². The van der Waals surface area contributed by atoms with Crippen LogP contribution in [-0.2, 0) is 6.42 Å². The molecule has 0 aliphatic heterocycles. The Hall–Kier alpha value is -1.77. The molecule has 1 heterocycles. The van der Waals surface area contributed by atoms with Gasteiger partial charge in [-0.15, -0.1) is 0 Å². The van der Waals surface area contributed by atoms with Gasteiger partial charge in [0.25, 0.3) is 0 Å². The number of benzene rings is 1. The highest BCUT2D eigenvalue weighted by Crippen LogP contribution is 2.32. The molecule has 0 saturated carbocycles. The first-order valence-corrected chi connectivity index (χ1v) is 5.84. The van der Waals surface area contributed by atoms with Crippen molar-refractivity contribution in [2.24, 2.45) is 5.92 Å². The second kappa shape index (κ2) is 4.24. The molecule has 0 radical (unpaired) electrons. The van der Waals surface area contributed by atoms with Crippen molar-refractivity contribution in [3.8, 4) is 5.88 Å². The summed E-state index contributed by atoms with van der Waals surface area (Å²) in [7, 11) is 0. The minimum atomic E-state index is -0.159. The summed E-state index contributed by atoms with van der Waals surface area (Å²) >= 11 is 0. The zero-order valence-corrected chi connectivity index (χ0v) is 10.4. The Kier molecular flexibility index (Phi) is 2.92. The molecule has 2 aromatic rings. The number of para-hydroxylation sites is 1. The van der Waals surface area contributed by atoms with Gasteiger partial charge in [0.15, 0.2) is 0 Å². The molecule has 0 bridgehead atoms. The van der Waals surface area contributed by atoms with Crippen molar-refractivity contribution in [1.29, 1.82) is 0 Å². The lowest BCUT2D eigenvalue weighted by Crippen LogP contribution is -2.04. The van der Waals surface area contributed by atoms with Crippen molar-refractivity contribution in [3.63, 3.8) is 0 Å². The summed E-state index contributed by atoms with van der Waals surface area (Å²) in [5.74, 6) is 0.369. The average molecular weight is 231 g/mol. The average Bonchev–Trinajstić information content (AvgIpc) is 2.52. The van der Waals surface area contributed by atoms with Gasteiger partial charge in [0, 0.05) is 17.9 Å². The highest BCUT2D eigenvalue weighted by atomic mass is 16.3. The molecule has 0 amide bonds. The molecule has 3 nitrogen and oxygen atoms in total. The second-order valence-electron chi connectivity index (χ2n) is 4.77. The van der Waals surface area contributed by atoms with Gasteiger partial charge in [-0.3, -0.25) is 9.36 Å². The maximum absolute atomic E-state index is 11.6. The van der Waals surface area contributed by atoms with Crippen molar-refractivity contribution in [2.45, 2.75) is 27.2 Å². The first-order valence-electron chi connectivity index (χ1n) is 5.84. The lowest BCUT2D eigenvalue weighted by Gasteiger charge is -2.04. The molecule has 3 heteroatoms. The number of carbonyl (C=O) groups excluding carboxylic acids is 1. The van der Waals surface area contributed by atoms with Crippen LogP contribution in [0.3, 0.4) is 0 Å². The molecule has 2 rings (SSSR count). The first-order chi connectivity index (χ1) is 8.02. The minimum absolute atomic E-state index is 0.0902. The van der Waals surface area contributed by atoms with E-state index in [1.165, 1.54) is 11.5 Å². The van der Waals surface area contributed by atoms with E-state index in [0.29, 0.717) is 5.92 Å². The minimum Gasteiger partial charge on any atom is -0.494 e. The smallest absolute Gasteiger partial charge is 0.230 e. The van der Waals surface area contributed by atoms with Crippen LogP contribution in [0, 0.1) is 5.92 Å². The normalized spacial score (nSPS) is 11.3. The number of aromatic hydroxyl groups is 1. The number of rotatable bonds is 2. The Morgan fingerprint density at radius 2 is 2.00 bits per heavy atom. The number of aromatic nitrogens is 1. The van der Waals surface area contributed by atoms with Gasteiger partial charge in [-0.05, 0) is 18.4 Å². The third-order valence-corrected chi connectivity index (χ3v) is 2.88. The van der Waals surface area contributed by atoms with Crippen LogP contribution >= 0.6 is 0 Å². The van der Waals surface area contributed by atoms with Gasteiger partial charge in [-0.25, -0.2) is 0 Å². The van der Waals surface area contributed by atoms with Crippen LogP contribution in [0.4, 0.5) is 0 Å². The fraction of sp³-hybridized carbons (Fsp3) is 0.357. The monoisotopic (exact) mass is 231 g/mol. The summed E-state index contributed by atoms with van der Waals surface area (Å²) in [6.45, 7) is 5.66. The molecule has 0 atom stereocenters. The highest BCUT2D eigenvalue weighted by molar-refractivity contribution is 5.96. The van der Waals surface area contributed by atoms with E-state index in [9.17, 15) is 9.90 Å². The SMILES string of the molecule is CC(=O)n1c(O)c(CC(C)C)c2ccccc21. The van der Waals surface area contributed by atoms with Gasteiger partial charge in [0.05, 0.1) is 5.52 Å². The van der Waals surface area contributed by atoms with Crippen LogP contribution in [0.2, 0.25) is 0 Å². The van der Waals surface area contributed by atoms with E-state index in [2.05, 4.69) is 13.8 Å². The molecule has 0 saturated heterocycles. The summed E-state index contributed by atoms with van der Waals surface area (Å²) in [6.07, 6.45) is 0.770. The van der Waals surface area contributed by atoms with Gasteiger partial charge in [-0.1, -0.05) is 32.0 Å². The fourth-order valence-electron chi connectivity index (χ4n) is 2.22. The fourth-order valence-corrected chi connectivity index (χ4v) is 2.22. The predicted octanol–water partition coefficient (Wildman–Crippen LogP) is 3.21. The predicted molar refractivity (Wildman–Crippen MR) is 68.4 cm³/mol. The van der Waals surface area contributed by atoms with Crippen LogP contribution < -0.4 is 0 Å². The summed E-state index contributed by atoms with van der Waals surface area (Å²) < 4.78 is 1.38. The quantitative estimate of drug-likeness (QED) is 0.862. The number of fused-ring (bicyclic) bond motifs is 1. The molecule has 0 aliphatic carbocycles. The highest BCUT2D eigenvalue weighted by Gasteiger charge is 2.18. The van der Waals surface area contributed by atoms with E-state index in [-0.39, 0.29) is 11.8 Å². The number of hydrogen-bond donors (Lipinski definition) is 1. The molecule has 1 N–H and O–H groups in total. The van der Waals surface area contributed by atoms with Gasteiger partial charge >= 0.3 is 0 Å². The maximum Gasteiger partial charge on any atom is 0.230 e. The third-order valence-electron chi connectivity index (χ3n) is 2.88. The topological polar surface area (TPSA) is 42.2 Å². The van der Waals surface area contributed by atoms with Crippen LogP contribution in [0.5, 0.6) is 5.88 Å². The zero-order valence-electron chi connectivity index (χ0n) is 10.4. The molecule has 1 aromatic heterocycles. The van der Waals surface area contributed by atoms with E-state index in [0.717, 1.165) is 22.9 Å². The van der Waals surface area contributed by atoms with Crippen LogP contribution in [0.1, 0.15) is 31.1 Å². The Balaban J connectivity index is 2.75. The first kappa shape index (κ1) is 11.7. The zero-order chi connectivity index (χ0) is 12.6. The van der Waals surface area contributed by atoms with E-state index >= 15 is 0 Å². The standard InChI is InChI=1S/C14H17NO2/c1-9(2)8-12-11-6-4-5-7-13(11)15(10(3)16)14(12)17/h4-7,9,17H,8H2,1-3H3. The summed E-state index contributed by atoms with van der Waals surface area (Å²) in [6, 6.07) is 7.61. The Morgan fingerprint density at radius 3 is 2.59 bits per heavy atom. The van der Waals surface area contributed by atoms with E-state index in [4.69, 9.17) is 0 Å². The van der Waals surface area contributed by atoms with E-state index in [1.54, 1.807) is 0 Å². The lowest BCUT2D eigenvalue weighted by molar-refractivity contribution is 0.0933. The van der Waals surface area contributed by atoms with Gasteiger partial charge in [0.2, 0.25) is 11.8 Å². The Morgan fingerprint density at radius 1 is 1.35 bits per heavy atom. The molecule has 0 unspecified atom stereocenters. The molecule has 90 valence electrons. The van der Waals surface area contributed by atoms with E-state index < -0.39 is 0 Å². The molecule has 17 heavy (non-hydrogen) atoms. The number of nitrogens with zero attached hydrogens (tertiary/aromatic N) is 1. The third kappa shape index (κ3) is 1.93. The molecule has 1 aromatic carbocycles. The largest absolute Gasteiger partial charge is 0.494 e. The van der Waals surface area contributed by atoms with Crippen LogP contribution in [0.25, 0.3) is 10.9 Å². The molecule has 0 fully saturated rings. The molecular formula is C14H17NO2. The Bertz CT molecular complexity index is 567. The molecule has 0 aliphatic rings. The number of hydrogen-bond acceptors (Lipinski definition) is 2. The van der Waals surface area contributed by atoms with Gasteiger partial charge < -0.3 is 5.11 Å². The molecule has 0 spiro atoms. The van der Waals surface area contributed by atoms with Gasteiger partial charge in [0.1, 0.15) is 0 Å². The maximum atomic E-state index is 11.6. The van der Waals surface area contributed by atoms with Crippen molar-refractivity contribution >= 4 is 16.8 Å². The van der Waals surface area contributed by atoms with Crippen molar-refractivity contribution in [3.05, 3.63) is 29.8 Å². The summed E-state index contributed by atoms with van der Waals surface area (Å²) in [4.78, 5) is 11.6. The summed E-state index contributed by atoms with van der Waals surface area (Å²) in [5, 5.41) is 11.1. The van der Waals surface area contributed by atoms with Crippen molar-refractivity contribution < 1.29 is 9.90 Å². The second-order valence-corrected chi connectivity index (χ2v) is 4.77. The molecular weight excluding hydrogens is 214 g/mol. The van der Waals surface area contributed by atoms with Crippen LogP contribution in [-0.4, -0.2) is 15.6 Å². The number of carbonyl (C=O) groups is 1. The summed E-state index contributed by atoms with van der Waals surface area (Å²) in [5.41, 5.74) is 1.65. The Labute approximate surface area is 101 Å². The van der Waals surface area contributed by atoms with Crippen molar-refractivity contribution in [1.82, 2.24) is 4.57 Å². The lowest BCUT2D eigenvalue weighted by atomic mass is 10.0.